The second-order valence-electron chi connectivity index (χ2n) is 5.26. The number of rotatable bonds is 3. The first-order chi connectivity index (χ1) is 10.1. The molecule has 21 heavy (non-hydrogen) atoms. The zero-order chi connectivity index (χ0) is 14.8. The third-order valence-electron chi connectivity index (χ3n) is 3.63. The highest BCUT2D eigenvalue weighted by Crippen LogP contribution is 2.22. The van der Waals surface area contributed by atoms with E-state index in [0.717, 1.165) is 18.1 Å². The number of hydrogen-bond donors (Lipinski definition) is 0. The van der Waals surface area contributed by atoms with E-state index in [2.05, 4.69) is 46.3 Å². The van der Waals surface area contributed by atoms with Crippen molar-refractivity contribution in [2.45, 2.75) is 20.3 Å². The summed E-state index contributed by atoms with van der Waals surface area (Å²) in [6.07, 6.45) is 4.53. The summed E-state index contributed by atoms with van der Waals surface area (Å²) in [5, 5.41) is 4.28. The first kappa shape index (κ1) is 13.5. The number of hydrogen-bond acceptors (Lipinski definition) is 3. The SMILES string of the molecule is Cc1nc(Cc2ccc(-c3cnccc3C)cc2)n(C)n1. The maximum atomic E-state index is 4.44. The van der Waals surface area contributed by atoms with E-state index in [1.54, 1.807) is 0 Å². The van der Waals surface area contributed by atoms with E-state index >= 15 is 0 Å². The standard InChI is InChI=1S/C17H18N4/c1-12-8-9-18-11-16(12)15-6-4-14(5-7-15)10-17-19-13(2)20-21(17)3/h4-9,11H,10H2,1-3H3. The quantitative estimate of drug-likeness (QED) is 0.739. The molecule has 0 bridgehead atoms. The van der Waals surface area contributed by atoms with Gasteiger partial charge in [0.1, 0.15) is 11.6 Å². The van der Waals surface area contributed by atoms with Crippen molar-refractivity contribution in [3.05, 3.63) is 65.5 Å². The van der Waals surface area contributed by atoms with Crippen LogP contribution < -0.4 is 0 Å². The Morgan fingerprint density at radius 1 is 1.05 bits per heavy atom. The van der Waals surface area contributed by atoms with Crippen LogP contribution >= 0.6 is 0 Å². The zero-order valence-corrected chi connectivity index (χ0v) is 12.5. The fourth-order valence-electron chi connectivity index (χ4n) is 2.46. The molecule has 0 radical (unpaired) electrons. The molecule has 4 nitrogen and oxygen atoms in total. The maximum Gasteiger partial charge on any atom is 0.147 e. The van der Waals surface area contributed by atoms with E-state index in [4.69, 9.17) is 0 Å². The highest BCUT2D eigenvalue weighted by molar-refractivity contribution is 5.66. The Kier molecular flexibility index (Phi) is 3.52. The van der Waals surface area contributed by atoms with Crippen LogP contribution in [0.25, 0.3) is 11.1 Å². The molecular formula is C17H18N4. The van der Waals surface area contributed by atoms with E-state index in [9.17, 15) is 0 Å². The van der Waals surface area contributed by atoms with Gasteiger partial charge in [0.05, 0.1) is 0 Å². The molecule has 0 aliphatic heterocycles. The smallest absolute Gasteiger partial charge is 0.147 e. The second kappa shape index (κ2) is 5.48. The van der Waals surface area contributed by atoms with Crippen LogP contribution in [-0.2, 0) is 13.5 Å². The van der Waals surface area contributed by atoms with Gasteiger partial charge in [-0.3, -0.25) is 9.67 Å². The van der Waals surface area contributed by atoms with Crippen LogP contribution in [0.15, 0.2) is 42.7 Å². The Hall–Kier alpha value is -2.49. The van der Waals surface area contributed by atoms with E-state index in [1.165, 1.54) is 22.3 Å². The average Bonchev–Trinajstić information content (AvgIpc) is 2.78. The van der Waals surface area contributed by atoms with Crippen LogP contribution in [0, 0.1) is 13.8 Å². The van der Waals surface area contributed by atoms with Gasteiger partial charge in [0.15, 0.2) is 0 Å². The number of nitrogens with zero attached hydrogens (tertiary/aromatic N) is 4. The van der Waals surface area contributed by atoms with Gasteiger partial charge in [0, 0.05) is 31.4 Å². The Morgan fingerprint density at radius 2 is 1.81 bits per heavy atom. The number of pyridine rings is 1. The van der Waals surface area contributed by atoms with Crippen molar-refractivity contribution in [1.29, 1.82) is 0 Å². The van der Waals surface area contributed by atoms with Crippen molar-refractivity contribution in [1.82, 2.24) is 19.7 Å². The predicted molar refractivity (Wildman–Crippen MR) is 83.0 cm³/mol. The van der Waals surface area contributed by atoms with E-state index in [-0.39, 0.29) is 0 Å². The zero-order valence-electron chi connectivity index (χ0n) is 12.5. The molecule has 0 saturated carbocycles. The highest BCUT2D eigenvalue weighted by Gasteiger charge is 2.06. The van der Waals surface area contributed by atoms with Gasteiger partial charge in [-0.1, -0.05) is 24.3 Å². The van der Waals surface area contributed by atoms with Crippen molar-refractivity contribution < 1.29 is 0 Å². The van der Waals surface area contributed by atoms with Gasteiger partial charge in [-0.05, 0) is 36.6 Å². The third-order valence-corrected chi connectivity index (χ3v) is 3.63. The highest BCUT2D eigenvalue weighted by atomic mass is 15.3. The summed E-state index contributed by atoms with van der Waals surface area (Å²) >= 11 is 0. The molecule has 106 valence electrons. The first-order valence-corrected chi connectivity index (χ1v) is 7.00. The summed E-state index contributed by atoms with van der Waals surface area (Å²) < 4.78 is 1.84. The van der Waals surface area contributed by atoms with Gasteiger partial charge in [-0.25, -0.2) is 4.98 Å². The monoisotopic (exact) mass is 278 g/mol. The predicted octanol–water partition coefficient (Wildman–Crippen LogP) is 3.08. The minimum atomic E-state index is 0.795. The molecule has 4 heteroatoms. The Bertz CT molecular complexity index is 757. The van der Waals surface area contributed by atoms with Gasteiger partial charge >= 0.3 is 0 Å². The lowest BCUT2D eigenvalue weighted by atomic mass is 10.0. The molecule has 0 spiro atoms. The molecule has 3 rings (SSSR count). The summed E-state index contributed by atoms with van der Waals surface area (Å²) in [6, 6.07) is 10.6. The fourth-order valence-corrected chi connectivity index (χ4v) is 2.46. The van der Waals surface area contributed by atoms with Gasteiger partial charge in [0.2, 0.25) is 0 Å². The molecule has 0 atom stereocenters. The average molecular weight is 278 g/mol. The van der Waals surface area contributed by atoms with Crippen LogP contribution in [0.5, 0.6) is 0 Å². The van der Waals surface area contributed by atoms with Gasteiger partial charge in [-0.15, -0.1) is 0 Å². The molecule has 2 heterocycles. The lowest BCUT2D eigenvalue weighted by molar-refractivity contribution is 0.712. The summed E-state index contributed by atoms with van der Waals surface area (Å²) in [4.78, 5) is 8.65. The van der Waals surface area contributed by atoms with Crippen molar-refractivity contribution in [2.75, 3.05) is 0 Å². The normalized spacial score (nSPS) is 10.8. The van der Waals surface area contributed by atoms with E-state index in [1.807, 2.05) is 37.1 Å². The van der Waals surface area contributed by atoms with Crippen LogP contribution in [0.4, 0.5) is 0 Å². The summed E-state index contributed by atoms with van der Waals surface area (Å²) in [5.74, 6) is 1.80. The van der Waals surface area contributed by atoms with Crippen LogP contribution in [0.1, 0.15) is 22.8 Å². The molecule has 0 N–H and O–H groups in total. The Morgan fingerprint density at radius 3 is 2.43 bits per heavy atom. The van der Waals surface area contributed by atoms with Crippen molar-refractivity contribution in [3.8, 4) is 11.1 Å². The minimum absolute atomic E-state index is 0.795. The molecule has 3 aromatic rings. The lowest BCUT2D eigenvalue weighted by Gasteiger charge is -2.06. The molecule has 1 aromatic carbocycles. The molecule has 0 aliphatic carbocycles. The van der Waals surface area contributed by atoms with Crippen LogP contribution in [0.2, 0.25) is 0 Å². The third kappa shape index (κ3) is 2.84. The molecule has 0 fully saturated rings. The lowest BCUT2D eigenvalue weighted by Crippen LogP contribution is -2.00. The minimum Gasteiger partial charge on any atom is -0.264 e. The molecule has 2 aromatic heterocycles. The van der Waals surface area contributed by atoms with Crippen LogP contribution in [0.3, 0.4) is 0 Å². The van der Waals surface area contributed by atoms with Crippen molar-refractivity contribution >= 4 is 0 Å². The summed E-state index contributed by atoms with van der Waals surface area (Å²) in [5.41, 5.74) is 4.84. The Labute approximate surface area is 124 Å². The fraction of sp³-hybridized carbons (Fsp3) is 0.235. The van der Waals surface area contributed by atoms with Crippen molar-refractivity contribution in [2.24, 2.45) is 7.05 Å². The maximum absolute atomic E-state index is 4.44. The van der Waals surface area contributed by atoms with E-state index < -0.39 is 0 Å². The molecule has 0 aliphatic rings. The van der Waals surface area contributed by atoms with Gasteiger partial charge in [0.25, 0.3) is 0 Å². The number of benzene rings is 1. The number of aromatic nitrogens is 4. The van der Waals surface area contributed by atoms with E-state index in [0.29, 0.717) is 0 Å². The Balaban J connectivity index is 1.85. The van der Waals surface area contributed by atoms with Crippen molar-refractivity contribution in [3.63, 3.8) is 0 Å². The molecular weight excluding hydrogens is 260 g/mol. The van der Waals surface area contributed by atoms with Gasteiger partial charge < -0.3 is 0 Å². The summed E-state index contributed by atoms with van der Waals surface area (Å²) in [6.45, 7) is 4.02. The molecule has 0 saturated heterocycles. The molecule has 0 amide bonds. The topological polar surface area (TPSA) is 43.6 Å². The first-order valence-electron chi connectivity index (χ1n) is 7.00. The largest absolute Gasteiger partial charge is 0.264 e. The van der Waals surface area contributed by atoms with Crippen LogP contribution in [-0.4, -0.2) is 19.7 Å². The molecule has 0 unspecified atom stereocenters. The summed E-state index contributed by atoms with van der Waals surface area (Å²) in [7, 11) is 1.93. The number of aryl methyl sites for hydroxylation is 3. The second-order valence-corrected chi connectivity index (χ2v) is 5.26. The van der Waals surface area contributed by atoms with Gasteiger partial charge in [-0.2, -0.15) is 5.10 Å².